The van der Waals surface area contributed by atoms with Crippen molar-refractivity contribution in [3.63, 3.8) is 0 Å². The van der Waals surface area contributed by atoms with Crippen molar-refractivity contribution in [1.82, 2.24) is 0 Å². The van der Waals surface area contributed by atoms with Crippen molar-refractivity contribution in [2.75, 3.05) is 0 Å². The molecular weight excluding hydrogens is 312 g/mol. The standard InChI is InChI=1S/C18H14O6/c19-12-5-3-11(4-6-12)17-16(18(22)23)13-9-10(2-8-15(20)21)1-7-14(13)24-17/h1-9,16-17,19H,(H,20,21)(H,22,23). The Hall–Kier alpha value is -3.28. The van der Waals surface area contributed by atoms with Crippen molar-refractivity contribution < 1.29 is 29.6 Å². The molecule has 0 saturated carbocycles. The maximum absolute atomic E-state index is 11.8. The molecule has 0 saturated heterocycles. The van der Waals surface area contributed by atoms with Crippen LogP contribution in [0.25, 0.3) is 6.08 Å². The molecule has 1 heterocycles. The van der Waals surface area contributed by atoms with Crippen LogP contribution in [0, 0.1) is 0 Å². The predicted octanol–water partition coefficient (Wildman–Crippen LogP) is 2.79. The van der Waals surface area contributed by atoms with Crippen molar-refractivity contribution in [1.29, 1.82) is 0 Å². The number of fused-ring (bicyclic) bond motifs is 1. The fourth-order valence-corrected chi connectivity index (χ4v) is 2.74. The maximum Gasteiger partial charge on any atom is 0.328 e. The molecule has 0 radical (unpaired) electrons. The lowest BCUT2D eigenvalue weighted by molar-refractivity contribution is -0.140. The van der Waals surface area contributed by atoms with Crippen molar-refractivity contribution in [2.45, 2.75) is 12.0 Å². The van der Waals surface area contributed by atoms with Crippen LogP contribution in [0.15, 0.2) is 48.5 Å². The summed E-state index contributed by atoms with van der Waals surface area (Å²) in [5.41, 5.74) is 1.71. The number of phenols is 1. The van der Waals surface area contributed by atoms with E-state index in [1.807, 2.05) is 0 Å². The van der Waals surface area contributed by atoms with Gasteiger partial charge in [-0.2, -0.15) is 0 Å². The zero-order valence-electron chi connectivity index (χ0n) is 12.4. The van der Waals surface area contributed by atoms with Gasteiger partial charge in [0.05, 0.1) is 0 Å². The number of carboxylic acids is 2. The quantitative estimate of drug-likeness (QED) is 0.746. The second-order valence-electron chi connectivity index (χ2n) is 5.41. The monoisotopic (exact) mass is 326 g/mol. The fraction of sp³-hybridized carbons (Fsp3) is 0.111. The molecule has 0 bridgehead atoms. The van der Waals surface area contributed by atoms with Gasteiger partial charge in [0.2, 0.25) is 0 Å². The van der Waals surface area contributed by atoms with E-state index in [9.17, 15) is 19.8 Å². The average Bonchev–Trinajstić information content (AvgIpc) is 2.92. The topological polar surface area (TPSA) is 104 Å². The Morgan fingerprint density at radius 2 is 1.75 bits per heavy atom. The molecule has 0 fully saturated rings. The molecule has 0 amide bonds. The summed E-state index contributed by atoms with van der Waals surface area (Å²) in [7, 11) is 0. The van der Waals surface area contributed by atoms with E-state index in [0.717, 1.165) is 6.08 Å². The Labute approximate surface area is 137 Å². The average molecular weight is 326 g/mol. The van der Waals surface area contributed by atoms with Crippen LogP contribution in [-0.4, -0.2) is 27.3 Å². The van der Waals surface area contributed by atoms with Crippen LogP contribution < -0.4 is 4.74 Å². The first kappa shape index (κ1) is 15.6. The van der Waals surface area contributed by atoms with Crippen molar-refractivity contribution >= 4 is 18.0 Å². The summed E-state index contributed by atoms with van der Waals surface area (Å²) in [6.45, 7) is 0. The second-order valence-corrected chi connectivity index (χ2v) is 5.41. The van der Waals surface area contributed by atoms with E-state index in [1.54, 1.807) is 30.3 Å². The molecule has 3 rings (SSSR count). The van der Waals surface area contributed by atoms with E-state index in [4.69, 9.17) is 9.84 Å². The van der Waals surface area contributed by atoms with Crippen LogP contribution in [-0.2, 0) is 9.59 Å². The van der Waals surface area contributed by atoms with Gasteiger partial charge in [-0.1, -0.05) is 18.2 Å². The lowest BCUT2D eigenvalue weighted by atomic mass is 9.90. The van der Waals surface area contributed by atoms with Gasteiger partial charge in [0.25, 0.3) is 0 Å². The molecule has 1 aliphatic rings. The number of hydrogen-bond donors (Lipinski definition) is 3. The summed E-state index contributed by atoms with van der Waals surface area (Å²) in [5, 5.41) is 27.7. The second kappa shape index (κ2) is 6.08. The van der Waals surface area contributed by atoms with Crippen molar-refractivity contribution in [2.24, 2.45) is 0 Å². The molecule has 2 aromatic carbocycles. The number of carboxylic acid groups (broad SMARTS) is 2. The molecule has 2 atom stereocenters. The minimum atomic E-state index is -1.08. The Balaban J connectivity index is 1.99. The highest BCUT2D eigenvalue weighted by Crippen LogP contribution is 2.46. The molecule has 2 aromatic rings. The van der Waals surface area contributed by atoms with Gasteiger partial charge in [0.15, 0.2) is 0 Å². The number of rotatable bonds is 4. The van der Waals surface area contributed by atoms with Gasteiger partial charge in [-0.25, -0.2) is 4.79 Å². The van der Waals surface area contributed by atoms with Gasteiger partial charge >= 0.3 is 11.9 Å². The molecule has 122 valence electrons. The molecule has 0 spiro atoms. The molecule has 0 aliphatic carbocycles. The normalized spacial score (nSPS) is 19.0. The molecule has 1 aliphatic heterocycles. The SMILES string of the molecule is O=C(O)C=Cc1ccc2c(c1)C(C(=O)O)C(c1ccc(O)cc1)O2. The summed E-state index contributed by atoms with van der Waals surface area (Å²) in [4.78, 5) is 22.4. The largest absolute Gasteiger partial charge is 0.508 e. The number of benzene rings is 2. The zero-order valence-corrected chi connectivity index (χ0v) is 12.4. The predicted molar refractivity (Wildman–Crippen MR) is 85.0 cm³/mol. The third-order valence-corrected chi connectivity index (χ3v) is 3.83. The van der Waals surface area contributed by atoms with Crippen LogP contribution >= 0.6 is 0 Å². The third-order valence-electron chi connectivity index (χ3n) is 3.83. The van der Waals surface area contributed by atoms with Crippen molar-refractivity contribution in [3.8, 4) is 11.5 Å². The smallest absolute Gasteiger partial charge is 0.328 e. The minimum Gasteiger partial charge on any atom is -0.508 e. The molecule has 3 N–H and O–H groups in total. The highest BCUT2D eigenvalue weighted by molar-refractivity contribution is 5.86. The van der Waals surface area contributed by atoms with E-state index in [1.165, 1.54) is 18.2 Å². The summed E-state index contributed by atoms with van der Waals surface area (Å²) in [6, 6.07) is 11.1. The fourth-order valence-electron chi connectivity index (χ4n) is 2.74. The summed E-state index contributed by atoms with van der Waals surface area (Å²) in [6.07, 6.45) is 1.68. The lowest BCUT2D eigenvalue weighted by Crippen LogP contribution is -2.18. The number of aliphatic carboxylic acids is 2. The van der Waals surface area contributed by atoms with Crippen LogP contribution in [0.2, 0.25) is 0 Å². The van der Waals surface area contributed by atoms with Gasteiger partial charge in [0.1, 0.15) is 23.5 Å². The highest BCUT2D eigenvalue weighted by Gasteiger charge is 2.40. The minimum absolute atomic E-state index is 0.0854. The van der Waals surface area contributed by atoms with E-state index < -0.39 is 24.0 Å². The molecular formula is C18H14O6. The molecule has 24 heavy (non-hydrogen) atoms. The Kier molecular flexibility index (Phi) is 3.95. The Morgan fingerprint density at radius 3 is 2.38 bits per heavy atom. The van der Waals surface area contributed by atoms with E-state index >= 15 is 0 Å². The zero-order chi connectivity index (χ0) is 17.3. The summed E-state index contributed by atoms with van der Waals surface area (Å²) in [5.74, 6) is -2.49. The van der Waals surface area contributed by atoms with Crippen molar-refractivity contribution in [3.05, 3.63) is 65.2 Å². The molecule has 6 nitrogen and oxygen atoms in total. The first-order chi connectivity index (χ1) is 11.5. The van der Waals surface area contributed by atoms with Gasteiger partial charge < -0.3 is 20.1 Å². The summed E-state index contributed by atoms with van der Waals surface area (Å²) < 4.78 is 5.78. The Morgan fingerprint density at radius 1 is 1.04 bits per heavy atom. The molecule has 2 unspecified atom stereocenters. The van der Waals surface area contributed by atoms with Gasteiger partial charge in [-0.3, -0.25) is 4.79 Å². The first-order valence-electron chi connectivity index (χ1n) is 7.19. The molecule has 6 heteroatoms. The number of carbonyl (C=O) groups is 2. The van der Waals surface area contributed by atoms with Crippen LogP contribution in [0.4, 0.5) is 0 Å². The molecule has 0 aromatic heterocycles. The van der Waals surface area contributed by atoms with Crippen LogP contribution in [0.3, 0.4) is 0 Å². The number of hydrogen-bond acceptors (Lipinski definition) is 4. The van der Waals surface area contributed by atoms with Gasteiger partial charge in [0, 0.05) is 11.6 Å². The number of phenolic OH excluding ortho intramolecular Hbond substituents is 1. The van der Waals surface area contributed by atoms with E-state index in [0.29, 0.717) is 22.4 Å². The number of aromatic hydroxyl groups is 1. The summed E-state index contributed by atoms with van der Waals surface area (Å²) >= 11 is 0. The lowest BCUT2D eigenvalue weighted by Gasteiger charge is -2.16. The Bertz CT molecular complexity index is 822. The number of ether oxygens (including phenoxy) is 1. The first-order valence-corrected chi connectivity index (χ1v) is 7.19. The third kappa shape index (κ3) is 2.94. The maximum atomic E-state index is 11.8. The van der Waals surface area contributed by atoms with Crippen LogP contribution in [0.1, 0.15) is 28.7 Å². The van der Waals surface area contributed by atoms with Gasteiger partial charge in [-0.05, 0) is 41.5 Å². The highest BCUT2D eigenvalue weighted by atomic mass is 16.5. The van der Waals surface area contributed by atoms with E-state index in [-0.39, 0.29) is 5.75 Å². The van der Waals surface area contributed by atoms with Crippen LogP contribution in [0.5, 0.6) is 11.5 Å². The van der Waals surface area contributed by atoms with E-state index in [2.05, 4.69) is 0 Å². The van der Waals surface area contributed by atoms with Gasteiger partial charge in [-0.15, -0.1) is 0 Å².